The van der Waals surface area contributed by atoms with Gasteiger partial charge in [-0.2, -0.15) is 11.8 Å². The van der Waals surface area contributed by atoms with Gasteiger partial charge in [-0.05, 0) is 42.2 Å². The van der Waals surface area contributed by atoms with E-state index in [2.05, 4.69) is 18.5 Å². The van der Waals surface area contributed by atoms with E-state index < -0.39 is 11.0 Å². The number of hydrogen-bond acceptors (Lipinski definition) is 5. The van der Waals surface area contributed by atoms with Gasteiger partial charge in [0.2, 0.25) is 0 Å². The molecule has 0 bridgehead atoms. The number of non-ortho nitro benzene ring substituents is 1. The van der Waals surface area contributed by atoms with Crippen molar-refractivity contribution < 1.29 is 10.0 Å². The fourth-order valence-electron chi connectivity index (χ4n) is 1.75. The molecule has 6 heteroatoms. The highest BCUT2D eigenvalue weighted by atomic mass is 32.2. The van der Waals surface area contributed by atoms with Crippen LogP contribution < -0.4 is 5.32 Å². The molecule has 0 aliphatic carbocycles. The van der Waals surface area contributed by atoms with Crippen molar-refractivity contribution in [2.45, 2.75) is 13.0 Å². The number of nitrogens with one attached hydrogen (secondary N) is 1. The Hall–Kier alpha value is -1.11. The van der Waals surface area contributed by atoms with Gasteiger partial charge in [-0.15, -0.1) is 0 Å². The molecule has 1 rings (SSSR count). The van der Waals surface area contributed by atoms with E-state index in [1.165, 1.54) is 12.1 Å². The third kappa shape index (κ3) is 5.59. The van der Waals surface area contributed by atoms with Gasteiger partial charge in [0.05, 0.1) is 11.0 Å². The zero-order valence-electron chi connectivity index (χ0n) is 11.2. The Morgan fingerprint density at radius 3 is 2.53 bits per heavy atom. The maximum atomic E-state index is 10.5. The molecule has 1 aromatic carbocycles. The maximum Gasteiger partial charge on any atom is 0.269 e. The van der Waals surface area contributed by atoms with E-state index in [1.54, 1.807) is 23.9 Å². The highest BCUT2D eigenvalue weighted by Gasteiger charge is 2.10. The summed E-state index contributed by atoms with van der Waals surface area (Å²) in [5.41, 5.74) is 0.730. The van der Waals surface area contributed by atoms with Crippen LogP contribution in [0.15, 0.2) is 24.3 Å². The minimum Gasteiger partial charge on any atom is -0.387 e. The van der Waals surface area contributed by atoms with Crippen molar-refractivity contribution in [2.24, 2.45) is 5.92 Å². The van der Waals surface area contributed by atoms with Crippen molar-refractivity contribution in [3.05, 3.63) is 39.9 Å². The van der Waals surface area contributed by atoms with Crippen molar-refractivity contribution in [1.82, 2.24) is 5.32 Å². The lowest BCUT2D eigenvalue weighted by molar-refractivity contribution is -0.384. The van der Waals surface area contributed by atoms with Crippen molar-refractivity contribution in [2.75, 3.05) is 25.1 Å². The molecular formula is C13H20N2O3S. The van der Waals surface area contributed by atoms with Crippen molar-refractivity contribution in [3.63, 3.8) is 0 Å². The van der Waals surface area contributed by atoms with Crippen LogP contribution in [-0.2, 0) is 0 Å². The number of nitro groups is 1. The summed E-state index contributed by atoms with van der Waals surface area (Å²) >= 11 is 1.80. The van der Waals surface area contributed by atoms with Gasteiger partial charge in [-0.3, -0.25) is 10.1 Å². The Labute approximate surface area is 117 Å². The quantitative estimate of drug-likeness (QED) is 0.565. The van der Waals surface area contributed by atoms with Crippen molar-refractivity contribution in [1.29, 1.82) is 0 Å². The smallest absolute Gasteiger partial charge is 0.269 e. The zero-order chi connectivity index (χ0) is 14.3. The molecule has 0 amide bonds. The van der Waals surface area contributed by atoms with Crippen LogP contribution in [0.4, 0.5) is 5.69 Å². The first-order valence-corrected chi connectivity index (χ1v) is 7.56. The van der Waals surface area contributed by atoms with E-state index in [0.29, 0.717) is 18.0 Å². The summed E-state index contributed by atoms with van der Waals surface area (Å²) in [6.07, 6.45) is 1.43. The van der Waals surface area contributed by atoms with Gasteiger partial charge in [-0.1, -0.05) is 6.92 Å². The Morgan fingerprint density at radius 1 is 1.37 bits per heavy atom. The number of nitro benzene ring substituents is 1. The normalized spacial score (nSPS) is 14.1. The molecule has 2 N–H and O–H groups in total. The molecule has 19 heavy (non-hydrogen) atoms. The number of rotatable bonds is 8. The molecule has 0 radical (unpaired) electrons. The largest absolute Gasteiger partial charge is 0.387 e. The molecule has 0 heterocycles. The minimum absolute atomic E-state index is 0.0394. The van der Waals surface area contributed by atoms with Gasteiger partial charge in [-0.25, -0.2) is 0 Å². The van der Waals surface area contributed by atoms with Crippen LogP contribution in [0.25, 0.3) is 0 Å². The average Bonchev–Trinajstić information content (AvgIpc) is 2.39. The number of hydrogen-bond donors (Lipinski definition) is 2. The predicted molar refractivity (Wildman–Crippen MR) is 78.5 cm³/mol. The molecule has 2 unspecified atom stereocenters. The predicted octanol–water partition coefficient (Wildman–Crippen LogP) is 2.22. The first-order valence-electron chi connectivity index (χ1n) is 6.16. The van der Waals surface area contributed by atoms with Gasteiger partial charge in [0.25, 0.3) is 5.69 Å². The van der Waals surface area contributed by atoms with Crippen LogP contribution in [0.1, 0.15) is 18.6 Å². The molecule has 0 aliphatic heterocycles. The minimum atomic E-state index is -0.637. The highest BCUT2D eigenvalue weighted by molar-refractivity contribution is 7.98. The van der Waals surface area contributed by atoms with Crippen LogP contribution in [0.2, 0.25) is 0 Å². The van der Waals surface area contributed by atoms with E-state index in [-0.39, 0.29) is 5.69 Å². The molecule has 0 saturated carbocycles. The number of aliphatic hydroxyl groups is 1. The van der Waals surface area contributed by atoms with Crippen LogP contribution in [0, 0.1) is 16.0 Å². The Balaban J connectivity index is 2.40. The molecule has 0 saturated heterocycles. The van der Waals surface area contributed by atoms with Gasteiger partial charge in [0, 0.05) is 18.7 Å². The monoisotopic (exact) mass is 284 g/mol. The summed E-state index contributed by atoms with van der Waals surface area (Å²) < 4.78 is 0. The van der Waals surface area contributed by atoms with Crippen LogP contribution in [0.5, 0.6) is 0 Å². The lowest BCUT2D eigenvalue weighted by Crippen LogP contribution is -2.27. The standard InChI is InChI=1S/C13H20N2O3S/c1-10(9-19-2)7-14-8-13(16)11-3-5-12(6-4-11)15(17)18/h3-6,10,13-14,16H,7-9H2,1-2H3. The van der Waals surface area contributed by atoms with Crippen LogP contribution in [-0.4, -0.2) is 35.1 Å². The SMILES string of the molecule is CSCC(C)CNCC(O)c1ccc([N+](=O)[O-])cc1. The second-order valence-electron chi connectivity index (χ2n) is 4.58. The average molecular weight is 284 g/mol. The number of benzene rings is 1. The number of thioether (sulfide) groups is 1. The zero-order valence-corrected chi connectivity index (χ0v) is 12.0. The maximum absolute atomic E-state index is 10.5. The first kappa shape index (κ1) is 15.9. The van der Waals surface area contributed by atoms with Crippen LogP contribution in [0.3, 0.4) is 0 Å². The Morgan fingerprint density at radius 2 is 2.00 bits per heavy atom. The lowest BCUT2D eigenvalue weighted by Gasteiger charge is -2.15. The fourth-order valence-corrected chi connectivity index (χ4v) is 2.43. The summed E-state index contributed by atoms with van der Waals surface area (Å²) in [4.78, 5) is 10.1. The molecule has 2 atom stereocenters. The van der Waals surface area contributed by atoms with Crippen LogP contribution >= 0.6 is 11.8 Å². The first-order chi connectivity index (χ1) is 9.04. The lowest BCUT2D eigenvalue weighted by atomic mass is 10.1. The van der Waals surface area contributed by atoms with Crippen molar-refractivity contribution in [3.8, 4) is 0 Å². The Kier molecular flexibility index (Phi) is 6.83. The van der Waals surface area contributed by atoms with Gasteiger partial charge in [0.15, 0.2) is 0 Å². The Bertz CT molecular complexity index is 397. The van der Waals surface area contributed by atoms with E-state index >= 15 is 0 Å². The van der Waals surface area contributed by atoms with E-state index in [9.17, 15) is 15.2 Å². The summed E-state index contributed by atoms with van der Waals surface area (Å²) in [7, 11) is 0. The van der Waals surface area contributed by atoms with Crippen molar-refractivity contribution >= 4 is 17.4 Å². The number of nitrogens with zero attached hydrogens (tertiary/aromatic N) is 1. The summed E-state index contributed by atoms with van der Waals surface area (Å²) in [5.74, 6) is 1.64. The van der Waals surface area contributed by atoms with Gasteiger partial charge >= 0.3 is 0 Å². The molecule has 1 aromatic rings. The second-order valence-corrected chi connectivity index (χ2v) is 5.49. The van der Waals surface area contributed by atoms with E-state index in [0.717, 1.165) is 12.3 Å². The third-order valence-electron chi connectivity index (χ3n) is 2.77. The molecular weight excluding hydrogens is 264 g/mol. The summed E-state index contributed by atoms with van der Waals surface area (Å²) in [6, 6.07) is 6.01. The van der Waals surface area contributed by atoms with Gasteiger partial charge in [0.1, 0.15) is 0 Å². The number of aliphatic hydroxyl groups excluding tert-OH is 1. The third-order valence-corrected chi connectivity index (χ3v) is 3.67. The summed E-state index contributed by atoms with van der Waals surface area (Å²) in [5, 5.41) is 23.7. The molecule has 0 fully saturated rings. The second kappa shape index (κ2) is 8.14. The molecule has 0 aliphatic rings. The van der Waals surface area contributed by atoms with E-state index in [1.807, 2.05) is 0 Å². The van der Waals surface area contributed by atoms with Gasteiger partial charge < -0.3 is 10.4 Å². The molecule has 106 valence electrons. The topological polar surface area (TPSA) is 75.4 Å². The molecule has 5 nitrogen and oxygen atoms in total. The van der Waals surface area contributed by atoms with E-state index in [4.69, 9.17) is 0 Å². The summed E-state index contributed by atoms with van der Waals surface area (Å²) in [6.45, 7) is 3.46. The molecule has 0 spiro atoms. The highest BCUT2D eigenvalue weighted by Crippen LogP contribution is 2.17. The fraction of sp³-hybridized carbons (Fsp3) is 0.538. The molecule has 0 aromatic heterocycles.